The highest BCUT2D eigenvalue weighted by Gasteiger charge is 2.32. The van der Waals surface area contributed by atoms with Crippen LogP contribution < -0.4 is 4.90 Å². The number of hydrogen-bond donors (Lipinski definition) is 0. The van der Waals surface area contributed by atoms with Crippen LogP contribution in [0.5, 0.6) is 0 Å². The van der Waals surface area contributed by atoms with Crippen molar-refractivity contribution in [2.24, 2.45) is 0 Å². The second-order valence-electron chi connectivity index (χ2n) is 6.62. The van der Waals surface area contributed by atoms with Gasteiger partial charge < -0.3 is 9.80 Å². The first-order valence-corrected chi connectivity index (χ1v) is 9.02. The number of benzene rings is 2. The maximum Gasteiger partial charge on any atom is 0.229 e. The van der Waals surface area contributed by atoms with Gasteiger partial charge in [-0.25, -0.2) is 8.78 Å². The first-order valence-electron chi connectivity index (χ1n) is 9.02. The van der Waals surface area contributed by atoms with Gasteiger partial charge in [0.15, 0.2) is 11.6 Å². The Labute approximate surface area is 157 Å². The molecule has 1 atom stereocenters. The number of anilines is 1. The highest BCUT2D eigenvalue weighted by molar-refractivity contribution is 5.94. The molecule has 0 radical (unpaired) electrons. The summed E-state index contributed by atoms with van der Waals surface area (Å²) in [6.07, 6.45) is 0.838. The van der Waals surface area contributed by atoms with Crippen molar-refractivity contribution in [1.82, 2.24) is 4.90 Å². The number of fused-ring (bicyclic) bond motifs is 1. The van der Waals surface area contributed by atoms with Gasteiger partial charge in [-0.15, -0.1) is 0 Å². The van der Waals surface area contributed by atoms with E-state index >= 15 is 0 Å². The van der Waals surface area contributed by atoms with Crippen molar-refractivity contribution in [3.8, 4) is 0 Å². The zero-order valence-electron chi connectivity index (χ0n) is 15.4. The van der Waals surface area contributed by atoms with E-state index in [0.717, 1.165) is 29.7 Å². The molecule has 3 rings (SSSR count). The maximum absolute atomic E-state index is 13.6. The molecule has 2 amide bonds. The summed E-state index contributed by atoms with van der Waals surface area (Å²) < 4.78 is 26.8. The van der Waals surface area contributed by atoms with Crippen LogP contribution >= 0.6 is 0 Å². The molecule has 0 fully saturated rings. The fourth-order valence-corrected chi connectivity index (χ4v) is 3.68. The Morgan fingerprint density at radius 1 is 1.15 bits per heavy atom. The number of rotatable bonds is 4. The van der Waals surface area contributed by atoms with E-state index < -0.39 is 11.6 Å². The minimum atomic E-state index is -0.993. The average Bonchev–Trinajstić information content (AvgIpc) is 2.65. The van der Waals surface area contributed by atoms with Crippen molar-refractivity contribution in [3.05, 3.63) is 65.2 Å². The molecule has 0 N–H and O–H groups in total. The molecule has 1 aliphatic rings. The van der Waals surface area contributed by atoms with Crippen molar-refractivity contribution in [2.45, 2.75) is 32.7 Å². The van der Waals surface area contributed by atoms with Gasteiger partial charge in [0.25, 0.3) is 0 Å². The predicted octanol–water partition coefficient (Wildman–Crippen LogP) is 3.85. The summed E-state index contributed by atoms with van der Waals surface area (Å²) in [4.78, 5) is 28.2. The molecule has 1 aliphatic heterocycles. The van der Waals surface area contributed by atoms with Gasteiger partial charge >= 0.3 is 0 Å². The quantitative estimate of drug-likeness (QED) is 0.818. The van der Waals surface area contributed by atoms with Gasteiger partial charge in [-0.1, -0.05) is 24.3 Å². The summed E-state index contributed by atoms with van der Waals surface area (Å²) >= 11 is 0. The van der Waals surface area contributed by atoms with Gasteiger partial charge in [-0.3, -0.25) is 9.59 Å². The molecule has 1 heterocycles. The number of amides is 2. The van der Waals surface area contributed by atoms with Crippen LogP contribution in [0.15, 0.2) is 42.5 Å². The molecule has 0 aliphatic carbocycles. The van der Waals surface area contributed by atoms with Crippen LogP contribution in [0.25, 0.3) is 0 Å². The van der Waals surface area contributed by atoms with E-state index in [2.05, 4.69) is 0 Å². The molecule has 0 saturated carbocycles. The fourth-order valence-electron chi connectivity index (χ4n) is 3.68. The van der Waals surface area contributed by atoms with Crippen molar-refractivity contribution >= 4 is 17.5 Å². The average molecular weight is 372 g/mol. The molecule has 0 saturated heterocycles. The monoisotopic (exact) mass is 372 g/mol. The van der Waals surface area contributed by atoms with Gasteiger partial charge in [0, 0.05) is 31.8 Å². The first-order chi connectivity index (χ1) is 12.9. The topological polar surface area (TPSA) is 40.6 Å². The van der Waals surface area contributed by atoms with Crippen molar-refractivity contribution in [2.75, 3.05) is 18.0 Å². The Morgan fingerprint density at radius 2 is 1.89 bits per heavy atom. The molecular weight excluding hydrogens is 350 g/mol. The summed E-state index contributed by atoms with van der Waals surface area (Å²) in [5.41, 5.74) is 2.40. The van der Waals surface area contributed by atoms with E-state index in [1.54, 1.807) is 11.8 Å². The van der Waals surface area contributed by atoms with Gasteiger partial charge in [0.2, 0.25) is 11.8 Å². The van der Waals surface area contributed by atoms with Crippen LogP contribution in [0.3, 0.4) is 0 Å². The minimum Gasteiger partial charge on any atom is -0.335 e. The van der Waals surface area contributed by atoms with E-state index in [-0.39, 0.29) is 24.3 Å². The Morgan fingerprint density at radius 3 is 2.56 bits per heavy atom. The molecule has 2 aromatic carbocycles. The molecule has 4 nitrogen and oxygen atoms in total. The Kier molecular flexibility index (Phi) is 5.54. The molecule has 0 aromatic heterocycles. The Bertz CT molecular complexity index is 869. The molecule has 1 unspecified atom stereocenters. The lowest BCUT2D eigenvalue weighted by Crippen LogP contribution is -2.42. The molecule has 2 aromatic rings. The summed E-state index contributed by atoms with van der Waals surface area (Å²) in [6.45, 7) is 4.15. The van der Waals surface area contributed by atoms with E-state index in [1.807, 2.05) is 24.3 Å². The fraction of sp³-hybridized carbons (Fsp3) is 0.333. The molecule has 142 valence electrons. The number of hydrogen-bond acceptors (Lipinski definition) is 2. The van der Waals surface area contributed by atoms with E-state index in [9.17, 15) is 18.4 Å². The van der Waals surface area contributed by atoms with Gasteiger partial charge in [-0.05, 0) is 36.6 Å². The lowest BCUT2D eigenvalue weighted by molar-refractivity contribution is -0.133. The Balaban J connectivity index is 1.89. The standard InChI is InChI=1S/C21H22F2N2O2/c1-3-24(16-8-9-18(22)19(23)12-16)21(27)13-20-17-7-5-4-6-15(17)10-11-25(20)14(2)26/h4-9,12,20H,3,10-11,13H2,1-2H3. The second kappa shape index (κ2) is 7.86. The van der Waals surface area contributed by atoms with Crippen LogP contribution in [-0.4, -0.2) is 29.8 Å². The van der Waals surface area contributed by atoms with Crippen LogP contribution in [0.2, 0.25) is 0 Å². The third-order valence-electron chi connectivity index (χ3n) is 5.02. The number of carbonyl (C=O) groups excluding carboxylic acids is 2. The smallest absolute Gasteiger partial charge is 0.229 e. The minimum absolute atomic E-state index is 0.0850. The summed E-state index contributed by atoms with van der Waals surface area (Å²) in [7, 11) is 0. The van der Waals surface area contributed by atoms with Gasteiger partial charge in [0.1, 0.15) is 0 Å². The van der Waals surface area contributed by atoms with Gasteiger partial charge in [-0.2, -0.15) is 0 Å². The number of nitrogens with zero attached hydrogens (tertiary/aromatic N) is 2. The molecule has 0 spiro atoms. The van der Waals surface area contributed by atoms with Gasteiger partial charge in [0.05, 0.1) is 12.5 Å². The molecule has 6 heteroatoms. The van der Waals surface area contributed by atoms with Crippen LogP contribution in [0.1, 0.15) is 37.4 Å². The largest absolute Gasteiger partial charge is 0.335 e. The summed E-state index contributed by atoms with van der Waals surface area (Å²) in [5, 5.41) is 0. The predicted molar refractivity (Wildman–Crippen MR) is 99.3 cm³/mol. The summed E-state index contributed by atoms with van der Waals surface area (Å²) in [5.74, 6) is -2.27. The molecule has 0 bridgehead atoms. The van der Waals surface area contributed by atoms with E-state index in [0.29, 0.717) is 18.8 Å². The van der Waals surface area contributed by atoms with E-state index in [4.69, 9.17) is 0 Å². The lowest BCUT2D eigenvalue weighted by atomic mass is 9.90. The molecular formula is C21H22F2N2O2. The van der Waals surface area contributed by atoms with Crippen molar-refractivity contribution < 1.29 is 18.4 Å². The van der Waals surface area contributed by atoms with Crippen molar-refractivity contribution in [1.29, 1.82) is 0 Å². The second-order valence-corrected chi connectivity index (χ2v) is 6.62. The van der Waals surface area contributed by atoms with Crippen molar-refractivity contribution in [3.63, 3.8) is 0 Å². The molecule has 27 heavy (non-hydrogen) atoms. The lowest BCUT2D eigenvalue weighted by Gasteiger charge is -2.37. The third kappa shape index (κ3) is 3.84. The zero-order chi connectivity index (χ0) is 19.6. The van der Waals surface area contributed by atoms with E-state index in [1.165, 1.54) is 17.9 Å². The SMILES string of the molecule is CCN(C(=O)CC1c2ccccc2CCN1C(C)=O)c1ccc(F)c(F)c1. The Hall–Kier alpha value is -2.76. The van der Waals surface area contributed by atoms with Crippen LogP contribution in [0.4, 0.5) is 14.5 Å². The number of carbonyl (C=O) groups is 2. The number of halogens is 2. The zero-order valence-corrected chi connectivity index (χ0v) is 15.4. The highest BCUT2D eigenvalue weighted by Crippen LogP contribution is 2.33. The normalized spacial score (nSPS) is 16.0. The van der Waals surface area contributed by atoms with Crippen LogP contribution in [0, 0.1) is 11.6 Å². The first kappa shape index (κ1) is 19.0. The summed E-state index contributed by atoms with van der Waals surface area (Å²) in [6, 6.07) is 10.9. The third-order valence-corrected chi connectivity index (χ3v) is 5.02. The highest BCUT2D eigenvalue weighted by atomic mass is 19.2. The maximum atomic E-state index is 13.6. The van der Waals surface area contributed by atoms with Crippen LogP contribution in [-0.2, 0) is 16.0 Å².